The van der Waals surface area contributed by atoms with Gasteiger partial charge in [0.05, 0.1) is 40.9 Å². The zero-order valence-corrected chi connectivity index (χ0v) is 27.1. The van der Waals surface area contributed by atoms with E-state index in [0.29, 0.717) is 28.6 Å². The fourth-order valence-corrected chi connectivity index (χ4v) is 7.51. The van der Waals surface area contributed by atoms with E-state index in [-0.39, 0.29) is 41.6 Å². The van der Waals surface area contributed by atoms with Gasteiger partial charge in [0.2, 0.25) is 11.8 Å². The normalized spacial score (nSPS) is 23.7. The molecule has 2 aromatic carbocycles. The summed E-state index contributed by atoms with van der Waals surface area (Å²) in [5, 5.41) is 40.4. The molecule has 2 aliphatic heterocycles. The third-order valence-electron chi connectivity index (χ3n) is 8.88. The molecule has 0 spiro atoms. The van der Waals surface area contributed by atoms with E-state index in [1.54, 1.807) is 25.3 Å². The molecule has 10 nitrogen and oxygen atoms in total. The number of hydrogen-bond donors (Lipinski definition) is 4. The number of imide groups is 1. The van der Waals surface area contributed by atoms with Crippen LogP contribution in [0.1, 0.15) is 38.2 Å². The summed E-state index contributed by atoms with van der Waals surface area (Å²) in [4.78, 5) is 28.8. The monoisotopic (exact) mass is 715 g/mol. The van der Waals surface area contributed by atoms with Gasteiger partial charge in [0.25, 0.3) is 0 Å². The van der Waals surface area contributed by atoms with Gasteiger partial charge in [-0.2, -0.15) is 0 Å². The van der Waals surface area contributed by atoms with E-state index in [2.05, 4.69) is 35.6 Å². The number of carbonyl (C=O) groups is 2. The van der Waals surface area contributed by atoms with E-state index in [4.69, 9.17) is 14.1 Å². The van der Waals surface area contributed by atoms with Crippen LogP contribution in [0.4, 0.5) is 5.69 Å². The van der Waals surface area contributed by atoms with Crippen LogP contribution in [-0.2, 0) is 19.0 Å². The summed E-state index contributed by atoms with van der Waals surface area (Å²) < 4.78 is 17.7. The van der Waals surface area contributed by atoms with Gasteiger partial charge in [0.1, 0.15) is 0 Å². The fourth-order valence-electron chi connectivity index (χ4n) is 6.89. The Morgan fingerprint density at radius 2 is 1.95 bits per heavy atom. The van der Waals surface area contributed by atoms with Gasteiger partial charge >= 0.3 is 14.2 Å². The number of fused-ring (bicyclic) bond motifs is 3. The van der Waals surface area contributed by atoms with Crippen LogP contribution >= 0.6 is 22.6 Å². The van der Waals surface area contributed by atoms with Gasteiger partial charge in [-0.3, -0.25) is 14.5 Å². The van der Waals surface area contributed by atoms with Crippen LogP contribution in [0.2, 0.25) is 6.32 Å². The van der Waals surface area contributed by atoms with Crippen LogP contribution in [0.3, 0.4) is 0 Å². The van der Waals surface area contributed by atoms with Crippen molar-refractivity contribution < 1.29 is 43.9 Å². The summed E-state index contributed by atoms with van der Waals surface area (Å²) in [6.45, 7) is 2.34. The van der Waals surface area contributed by atoms with Gasteiger partial charge in [-0.1, -0.05) is 30.7 Å². The van der Waals surface area contributed by atoms with Gasteiger partial charge in [-0.05, 0) is 107 Å². The van der Waals surface area contributed by atoms with Crippen molar-refractivity contribution in [3.8, 4) is 11.5 Å². The Balaban J connectivity index is 1.44. The zero-order valence-electron chi connectivity index (χ0n) is 24.9. The standard InChI is InChI=1S/C31H36B2INO9/c1-4-17(10-18-11-24(34)29(36)26(12-18)43-3)8-9-25-27-19(16-42-2)13-22-28(23(27)15-32(39)44-25)31(38)35(30(22)37)21-7-5-6-20(14-21)33(40)41/h5-7,10-12,14,22-23,25,28,36,39-41H,4,8-9,13,15-16H2,1-3H3/b17-10+/t22-,23+,25-,28-/m1/s1. The summed E-state index contributed by atoms with van der Waals surface area (Å²) in [6.07, 6.45) is 4.11. The number of amides is 2. The number of nitrogens with zero attached hydrogens (tertiary/aromatic N) is 1. The van der Waals surface area contributed by atoms with Crippen molar-refractivity contribution in [3.63, 3.8) is 0 Å². The molecule has 2 heterocycles. The van der Waals surface area contributed by atoms with Crippen molar-refractivity contribution in [2.24, 2.45) is 17.8 Å². The minimum Gasteiger partial charge on any atom is -0.504 e. The third kappa shape index (κ3) is 6.35. The highest BCUT2D eigenvalue weighted by atomic mass is 127. The first-order valence-electron chi connectivity index (χ1n) is 14.7. The molecular formula is C31H36B2INO9. The van der Waals surface area contributed by atoms with Crippen molar-refractivity contribution in [1.82, 2.24) is 0 Å². The molecule has 0 saturated carbocycles. The maximum absolute atomic E-state index is 13.9. The first-order valence-corrected chi connectivity index (χ1v) is 15.8. The molecule has 0 aromatic heterocycles. The highest BCUT2D eigenvalue weighted by Crippen LogP contribution is 2.51. The maximum Gasteiger partial charge on any atom is 0.488 e. The molecular weight excluding hydrogens is 679 g/mol. The first kappa shape index (κ1) is 32.7. The highest BCUT2D eigenvalue weighted by molar-refractivity contribution is 14.1. The molecule has 2 aromatic rings. The number of carbonyl (C=O) groups excluding carboxylic acids is 2. The topological polar surface area (TPSA) is 146 Å². The molecule has 2 saturated heterocycles. The lowest BCUT2D eigenvalue weighted by Crippen LogP contribution is -2.46. The number of anilines is 1. The molecule has 5 rings (SSSR count). The van der Waals surface area contributed by atoms with Crippen LogP contribution in [0.15, 0.2) is 53.1 Å². The van der Waals surface area contributed by atoms with Crippen LogP contribution in [-0.4, -0.2) is 73.2 Å². The minimum atomic E-state index is -1.74. The van der Waals surface area contributed by atoms with E-state index in [0.717, 1.165) is 33.6 Å². The van der Waals surface area contributed by atoms with Gasteiger partial charge < -0.3 is 34.3 Å². The molecule has 4 atom stereocenters. The average molecular weight is 715 g/mol. The van der Waals surface area contributed by atoms with Crippen LogP contribution in [0.25, 0.3) is 6.08 Å². The van der Waals surface area contributed by atoms with E-state index >= 15 is 0 Å². The largest absolute Gasteiger partial charge is 0.504 e. The minimum absolute atomic E-state index is 0.101. The van der Waals surface area contributed by atoms with Crippen LogP contribution < -0.4 is 15.1 Å². The van der Waals surface area contributed by atoms with E-state index in [1.165, 1.54) is 19.2 Å². The summed E-state index contributed by atoms with van der Waals surface area (Å²) in [7, 11) is 0.269. The molecule has 2 fully saturated rings. The van der Waals surface area contributed by atoms with Crippen molar-refractivity contribution in [2.75, 3.05) is 25.7 Å². The molecule has 2 amide bonds. The van der Waals surface area contributed by atoms with Crippen LogP contribution in [0.5, 0.6) is 11.5 Å². The number of methoxy groups -OCH3 is 2. The van der Waals surface area contributed by atoms with Crippen molar-refractivity contribution in [1.29, 1.82) is 0 Å². The molecule has 4 N–H and O–H groups in total. The third-order valence-corrected chi connectivity index (χ3v) is 9.70. The van der Waals surface area contributed by atoms with Crippen LogP contribution in [0, 0.1) is 21.3 Å². The van der Waals surface area contributed by atoms with Gasteiger partial charge in [0, 0.05) is 7.11 Å². The van der Waals surface area contributed by atoms with E-state index < -0.39 is 38.1 Å². The number of halogens is 1. The zero-order chi connectivity index (χ0) is 31.7. The van der Waals surface area contributed by atoms with Gasteiger partial charge in [0.15, 0.2) is 11.5 Å². The van der Waals surface area contributed by atoms with E-state index in [1.807, 2.05) is 6.07 Å². The number of phenols is 1. The maximum atomic E-state index is 13.9. The lowest BCUT2D eigenvalue weighted by Gasteiger charge is -2.43. The Morgan fingerprint density at radius 3 is 2.64 bits per heavy atom. The predicted octanol–water partition coefficient (Wildman–Crippen LogP) is 2.91. The number of ether oxygens (including phenoxy) is 2. The van der Waals surface area contributed by atoms with Crippen molar-refractivity contribution in [3.05, 3.63) is 62.3 Å². The quantitative estimate of drug-likeness (QED) is 0.126. The average Bonchev–Trinajstić information content (AvgIpc) is 3.25. The summed E-state index contributed by atoms with van der Waals surface area (Å²) >= 11 is 2.07. The van der Waals surface area contributed by atoms with Crippen molar-refractivity contribution >= 4 is 65.9 Å². The number of aromatic hydroxyl groups is 1. The molecule has 0 unspecified atom stereocenters. The SMILES string of the molecule is CC/C(=C\c1cc(I)c(O)c(OC)c1)CC[C@H]1OB(O)C[C@H]2C1=C(COC)C[C@H]1C(=O)N(c3cccc(B(O)O)c3)C(=O)[C@H]12. The second-order valence-corrected chi connectivity index (χ2v) is 12.6. The van der Waals surface area contributed by atoms with Crippen molar-refractivity contribution in [2.45, 2.75) is 45.0 Å². The smallest absolute Gasteiger partial charge is 0.488 e. The molecule has 44 heavy (non-hydrogen) atoms. The fraction of sp³-hybridized carbons (Fsp3) is 0.419. The lowest BCUT2D eigenvalue weighted by molar-refractivity contribution is -0.122. The summed E-state index contributed by atoms with van der Waals surface area (Å²) in [5.74, 6) is -1.90. The van der Waals surface area contributed by atoms with E-state index in [9.17, 15) is 29.8 Å². The Hall–Kier alpha value is -2.68. The number of benzene rings is 2. The number of phenolic OH excluding ortho intramolecular Hbond substituents is 1. The molecule has 0 bridgehead atoms. The number of allylic oxidation sites excluding steroid dienone is 1. The Bertz CT molecular complexity index is 1500. The van der Waals surface area contributed by atoms with Gasteiger partial charge in [-0.25, -0.2) is 0 Å². The summed E-state index contributed by atoms with van der Waals surface area (Å²) in [5.41, 5.74) is 4.35. The highest BCUT2D eigenvalue weighted by Gasteiger charge is 2.57. The molecule has 13 heteroatoms. The molecule has 0 radical (unpaired) electrons. The second kappa shape index (κ2) is 13.8. The molecule has 3 aliphatic rings. The Labute approximate surface area is 271 Å². The lowest BCUT2D eigenvalue weighted by atomic mass is 9.58. The first-order chi connectivity index (χ1) is 21.1. The second-order valence-electron chi connectivity index (χ2n) is 11.5. The summed E-state index contributed by atoms with van der Waals surface area (Å²) in [6, 6.07) is 9.81. The predicted molar refractivity (Wildman–Crippen MR) is 175 cm³/mol. The Kier molecular flexibility index (Phi) is 10.2. The Morgan fingerprint density at radius 1 is 1.18 bits per heavy atom. The number of rotatable bonds is 10. The number of hydrogen-bond acceptors (Lipinski definition) is 9. The van der Waals surface area contributed by atoms with Gasteiger partial charge in [-0.15, -0.1) is 0 Å². The molecule has 232 valence electrons. The molecule has 1 aliphatic carbocycles.